The van der Waals surface area contributed by atoms with Crippen molar-refractivity contribution < 1.29 is 14.4 Å². The lowest BCUT2D eigenvalue weighted by molar-refractivity contribution is -0.135. The number of aliphatic imine (C=N–C) groups is 1. The average Bonchev–Trinajstić information content (AvgIpc) is 2.52. The van der Waals surface area contributed by atoms with E-state index in [-0.39, 0.29) is 18.4 Å². The van der Waals surface area contributed by atoms with Gasteiger partial charge in [0, 0.05) is 6.54 Å². The molecule has 7 heteroatoms. The molecule has 0 saturated carbocycles. The normalized spacial score (nSPS) is 14.8. The summed E-state index contributed by atoms with van der Waals surface area (Å²) in [5.41, 5.74) is 0. The van der Waals surface area contributed by atoms with Crippen molar-refractivity contribution in [2.24, 2.45) is 10.9 Å². The first-order valence-corrected chi connectivity index (χ1v) is 4.92. The summed E-state index contributed by atoms with van der Waals surface area (Å²) in [5, 5.41) is 7.05. The fourth-order valence-electron chi connectivity index (χ4n) is 0.964. The number of guanidine groups is 1. The van der Waals surface area contributed by atoms with Crippen LogP contribution < -0.4 is 16.0 Å². The van der Waals surface area contributed by atoms with Crippen molar-refractivity contribution in [3.8, 4) is 0 Å². The molecule has 0 aromatic carbocycles. The Balaban J connectivity index is 2.34. The quantitative estimate of drug-likeness (QED) is 0.501. The number of carbonyl (C=O) groups excluding carboxylic acids is 3. The molecular formula is C9H14N4O3. The SMILES string of the molecule is CC(C)CNC(=O)CN=C1NC(=O)C(=O)N1. The van der Waals surface area contributed by atoms with E-state index < -0.39 is 11.8 Å². The van der Waals surface area contributed by atoms with E-state index in [1.54, 1.807) is 0 Å². The van der Waals surface area contributed by atoms with Crippen LogP contribution in [0.3, 0.4) is 0 Å². The van der Waals surface area contributed by atoms with Crippen LogP contribution in [0.25, 0.3) is 0 Å². The Labute approximate surface area is 92.7 Å². The van der Waals surface area contributed by atoms with Gasteiger partial charge in [-0.3, -0.25) is 25.0 Å². The largest absolute Gasteiger partial charge is 0.354 e. The van der Waals surface area contributed by atoms with Gasteiger partial charge in [-0.05, 0) is 5.92 Å². The molecule has 88 valence electrons. The van der Waals surface area contributed by atoms with Crippen molar-refractivity contribution in [2.75, 3.05) is 13.1 Å². The molecule has 0 aromatic heterocycles. The van der Waals surface area contributed by atoms with Crippen LogP contribution in [0.15, 0.2) is 4.99 Å². The molecular weight excluding hydrogens is 212 g/mol. The van der Waals surface area contributed by atoms with E-state index in [0.29, 0.717) is 12.5 Å². The highest BCUT2D eigenvalue weighted by atomic mass is 16.2. The standard InChI is InChI=1S/C9H14N4O3/c1-5(2)3-10-6(14)4-11-9-12-7(15)8(16)13-9/h5H,3-4H2,1-2H3,(H,10,14)(H2,11,12,13,15,16). The molecule has 7 nitrogen and oxygen atoms in total. The molecule has 1 rings (SSSR count). The van der Waals surface area contributed by atoms with E-state index in [1.807, 2.05) is 13.8 Å². The molecule has 0 atom stereocenters. The van der Waals surface area contributed by atoms with Gasteiger partial charge >= 0.3 is 11.8 Å². The Morgan fingerprint density at radius 1 is 1.31 bits per heavy atom. The smallest absolute Gasteiger partial charge is 0.316 e. The molecule has 0 bridgehead atoms. The summed E-state index contributed by atoms with van der Waals surface area (Å²) in [6, 6.07) is 0. The van der Waals surface area contributed by atoms with Gasteiger partial charge in [0.1, 0.15) is 6.54 Å². The minimum absolute atomic E-state index is 0.0229. The topological polar surface area (TPSA) is 99.7 Å². The van der Waals surface area contributed by atoms with Crippen LogP contribution in [0.1, 0.15) is 13.8 Å². The highest BCUT2D eigenvalue weighted by Gasteiger charge is 2.24. The van der Waals surface area contributed by atoms with Crippen molar-refractivity contribution >= 4 is 23.7 Å². The Morgan fingerprint density at radius 3 is 2.38 bits per heavy atom. The predicted molar refractivity (Wildman–Crippen MR) is 56.4 cm³/mol. The summed E-state index contributed by atoms with van der Waals surface area (Å²) in [6.45, 7) is 4.40. The summed E-state index contributed by atoms with van der Waals surface area (Å²) in [7, 11) is 0. The number of nitrogens with zero attached hydrogens (tertiary/aromatic N) is 1. The van der Waals surface area contributed by atoms with Crippen molar-refractivity contribution in [1.29, 1.82) is 0 Å². The molecule has 1 aliphatic rings. The van der Waals surface area contributed by atoms with Crippen molar-refractivity contribution in [2.45, 2.75) is 13.8 Å². The molecule has 3 amide bonds. The van der Waals surface area contributed by atoms with Gasteiger partial charge in [0.25, 0.3) is 0 Å². The van der Waals surface area contributed by atoms with Gasteiger partial charge in [-0.2, -0.15) is 0 Å². The fourth-order valence-corrected chi connectivity index (χ4v) is 0.964. The lowest BCUT2D eigenvalue weighted by Crippen LogP contribution is -2.32. The number of amides is 3. The first-order chi connectivity index (χ1) is 7.49. The van der Waals surface area contributed by atoms with Crippen LogP contribution >= 0.6 is 0 Å². The van der Waals surface area contributed by atoms with Gasteiger partial charge < -0.3 is 5.32 Å². The molecule has 0 aromatic rings. The maximum Gasteiger partial charge on any atom is 0.316 e. The Bertz CT molecular complexity index is 331. The minimum Gasteiger partial charge on any atom is -0.354 e. The summed E-state index contributed by atoms with van der Waals surface area (Å²) < 4.78 is 0. The zero-order valence-electron chi connectivity index (χ0n) is 9.16. The van der Waals surface area contributed by atoms with Gasteiger partial charge in [0.2, 0.25) is 11.9 Å². The summed E-state index contributed by atoms with van der Waals surface area (Å²) in [6.07, 6.45) is 0. The van der Waals surface area contributed by atoms with Gasteiger partial charge in [-0.15, -0.1) is 0 Å². The summed E-state index contributed by atoms with van der Waals surface area (Å²) in [5.74, 6) is -1.39. The first kappa shape index (κ1) is 12.2. The van der Waals surface area contributed by atoms with Crippen molar-refractivity contribution in [1.82, 2.24) is 16.0 Å². The molecule has 1 saturated heterocycles. The second-order valence-corrected chi connectivity index (χ2v) is 3.77. The van der Waals surface area contributed by atoms with Gasteiger partial charge in [0.15, 0.2) is 0 Å². The van der Waals surface area contributed by atoms with Crippen molar-refractivity contribution in [3.63, 3.8) is 0 Å². The number of rotatable bonds is 4. The van der Waals surface area contributed by atoms with E-state index in [1.165, 1.54) is 0 Å². The monoisotopic (exact) mass is 226 g/mol. The lowest BCUT2D eigenvalue weighted by Gasteiger charge is -2.05. The number of nitrogens with one attached hydrogen (secondary N) is 3. The summed E-state index contributed by atoms with van der Waals surface area (Å²) in [4.78, 5) is 36.4. The average molecular weight is 226 g/mol. The Morgan fingerprint density at radius 2 is 1.88 bits per heavy atom. The third-order valence-electron chi connectivity index (χ3n) is 1.76. The maximum absolute atomic E-state index is 11.2. The van der Waals surface area contributed by atoms with E-state index in [0.717, 1.165) is 0 Å². The molecule has 0 aliphatic carbocycles. The van der Waals surface area contributed by atoms with E-state index in [4.69, 9.17) is 0 Å². The van der Waals surface area contributed by atoms with Gasteiger partial charge in [-0.1, -0.05) is 13.8 Å². The van der Waals surface area contributed by atoms with Crippen molar-refractivity contribution in [3.05, 3.63) is 0 Å². The molecule has 1 aliphatic heterocycles. The number of hydrogen-bond donors (Lipinski definition) is 3. The van der Waals surface area contributed by atoms with Crippen LogP contribution in [0, 0.1) is 5.92 Å². The maximum atomic E-state index is 11.2. The van der Waals surface area contributed by atoms with Gasteiger partial charge in [-0.25, -0.2) is 4.99 Å². The van der Waals surface area contributed by atoms with E-state index in [2.05, 4.69) is 20.9 Å². The lowest BCUT2D eigenvalue weighted by atomic mass is 10.2. The first-order valence-electron chi connectivity index (χ1n) is 4.92. The van der Waals surface area contributed by atoms with Crippen LogP contribution in [-0.2, 0) is 14.4 Å². The van der Waals surface area contributed by atoms with Crippen LogP contribution in [0.2, 0.25) is 0 Å². The highest BCUT2D eigenvalue weighted by Crippen LogP contribution is 1.87. The third kappa shape index (κ3) is 3.68. The fraction of sp³-hybridized carbons (Fsp3) is 0.556. The second kappa shape index (κ2) is 5.24. The Hall–Kier alpha value is -1.92. The summed E-state index contributed by atoms with van der Waals surface area (Å²) >= 11 is 0. The van der Waals surface area contributed by atoms with Gasteiger partial charge in [0.05, 0.1) is 0 Å². The van der Waals surface area contributed by atoms with Crippen LogP contribution in [-0.4, -0.2) is 36.8 Å². The van der Waals surface area contributed by atoms with E-state index >= 15 is 0 Å². The molecule has 0 spiro atoms. The minimum atomic E-state index is -0.763. The van der Waals surface area contributed by atoms with Crippen LogP contribution in [0.5, 0.6) is 0 Å². The molecule has 0 unspecified atom stereocenters. The van der Waals surface area contributed by atoms with Crippen LogP contribution in [0.4, 0.5) is 0 Å². The molecule has 3 N–H and O–H groups in total. The number of carbonyl (C=O) groups is 3. The van der Waals surface area contributed by atoms with E-state index in [9.17, 15) is 14.4 Å². The Kier molecular flexibility index (Phi) is 3.98. The third-order valence-corrected chi connectivity index (χ3v) is 1.76. The highest BCUT2D eigenvalue weighted by molar-refractivity contribution is 6.45. The predicted octanol–water partition coefficient (Wildman–Crippen LogP) is -1.64. The molecule has 1 fully saturated rings. The number of hydrogen-bond acceptors (Lipinski definition) is 4. The zero-order valence-corrected chi connectivity index (χ0v) is 9.16. The molecule has 16 heavy (non-hydrogen) atoms. The molecule has 1 heterocycles. The zero-order chi connectivity index (χ0) is 12.1. The second-order valence-electron chi connectivity index (χ2n) is 3.77. The molecule has 0 radical (unpaired) electrons.